The van der Waals surface area contributed by atoms with Crippen LogP contribution in [0.5, 0.6) is 0 Å². The summed E-state index contributed by atoms with van der Waals surface area (Å²) in [5, 5.41) is 12.6. The van der Waals surface area contributed by atoms with Gasteiger partial charge in [0.1, 0.15) is 11.8 Å². The van der Waals surface area contributed by atoms with Crippen LogP contribution in [0.4, 0.5) is 5.69 Å². The van der Waals surface area contributed by atoms with Gasteiger partial charge in [0.25, 0.3) is 0 Å². The monoisotopic (exact) mass is 626 g/mol. The molecule has 3 aromatic rings. The third-order valence-corrected chi connectivity index (χ3v) is 10.1. The Kier molecular flexibility index (Phi) is 5.63. The van der Waals surface area contributed by atoms with Crippen molar-refractivity contribution in [2.45, 2.75) is 39.8 Å². The van der Waals surface area contributed by atoms with Gasteiger partial charge < -0.3 is 5.32 Å². The second kappa shape index (κ2) is 8.54. The summed E-state index contributed by atoms with van der Waals surface area (Å²) in [6, 6.07) is 7.34. The summed E-state index contributed by atoms with van der Waals surface area (Å²) in [6.07, 6.45) is 2.47. The summed E-state index contributed by atoms with van der Waals surface area (Å²) in [7, 11) is 0. The molecule has 3 atom stereocenters. The summed E-state index contributed by atoms with van der Waals surface area (Å²) < 4.78 is 2.81. The number of aryl methyl sites for hydroxylation is 1. The van der Waals surface area contributed by atoms with E-state index in [0.29, 0.717) is 16.9 Å². The zero-order chi connectivity index (χ0) is 26.2. The van der Waals surface area contributed by atoms with Crippen LogP contribution in [0.2, 0.25) is 0 Å². The first-order valence-electron chi connectivity index (χ1n) is 12.0. The molecule has 5 heterocycles. The van der Waals surface area contributed by atoms with Crippen molar-refractivity contribution in [3.8, 4) is 17.2 Å². The van der Waals surface area contributed by atoms with E-state index in [1.165, 1.54) is 16.2 Å². The number of halogens is 1. The Morgan fingerprint density at radius 1 is 1.27 bits per heavy atom. The molecule has 2 aliphatic heterocycles. The molecule has 1 N–H and O–H groups in total. The molecule has 0 radical (unpaired) electrons. The van der Waals surface area contributed by atoms with Gasteiger partial charge in [-0.2, -0.15) is 5.26 Å². The van der Waals surface area contributed by atoms with Gasteiger partial charge in [-0.25, -0.2) is 8.10 Å². The van der Waals surface area contributed by atoms with Crippen molar-refractivity contribution >= 4 is 67.8 Å². The van der Waals surface area contributed by atoms with E-state index in [1.54, 1.807) is 19.2 Å². The van der Waals surface area contributed by atoms with Gasteiger partial charge in [0, 0.05) is 51.6 Å². The molecule has 1 saturated carbocycles. The van der Waals surface area contributed by atoms with E-state index in [-0.39, 0.29) is 53.3 Å². The molecule has 6 rings (SSSR count). The molecule has 3 fully saturated rings. The predicted molar refractivity (Wildman–Crippen MR) is 146 cm³/mol. The molecular weight excluding hydrogens is 603 g/mol. The van der Waals surface area contributed by atoms with Gasteiger partial charge in [-0.1, -0.05) is 13.8 Å². The summed E-state index contributed by atoms with van der Waals surface area (Å²) in [5.74, 6) is -0.736. The number of rotatable bonds is 5. The van der Waals surface area contributed by atoms with Crippen LogP contribution >= 0.6 is 34.2 Å². The Bertz CT molecular complexity index is 1540. The maximum atomic E-state index is 13.0. The van der Waals surface area contributed by atoms with Crippen molar-refractivity contribution in [3.05, 3.63) is 40.7 Å². The first-order valence-corrected chi connectivity index (χ1v) is 13.8. The zero-order valence-electron chi connectivity index (χ0n) is 20.4. The lowest BCUT2D eigenvalue weighted by Crippen LogP contribution is -2.48. The maximum Gasteiger partial charge on any atom is 0.242 e. The highest BCUT2D eigenvalue weighted by Crippen LogP contribution is 2.63. The molecule has 3 aliphatic rings. The highest BCUT2D eigenvalue weighted by Gasteiger charge is 2.72. The predicted octanol–water partition coefficient (Wildman–Crippen LogP) is 4.04. The van der Waals surface area contributed by atoms with Crippen molar-refractivity contribution < 1.29 is 14.4 Å². The van der Waals surface area contributed by atoms with Crippen molar-refractivity contribution in [1.29, 1.82) is 5.26 Å². The quantitative estimate of drug-likeness (QED) is 0.258. The van der Waals surface area contributed by atoms with Gasteiger partial charge in [0.2, 0.25) is 17.7 Å². The summed E-state index contributed by atoms with van der Waals surface area (Å²) in [4.78, 5) is 49.8. The average Bonchev–Trinajstić information content (AvgIpc) is 3.10. The van der Waals surface area contributed by atoms with Crippen molar-refractivity contribution in [1.82, 2.24) is 18.0 Å². The van der Waals surface area contributed by atoms with Crippen LogP contribution in [-0.4, -0.2) is 48.3 Å². The van der Waals surface area contributed by atoms with E-state index in [2.05, 4.69) is 44.2 Å². The van der Waals surface area contributed by atoms with Gasteiger partial charge >= 0.3 is 0 Å². The van der Waals surface area contributed by atoms with Crippen LogP contribution < -0.4 is 5.32 Å². The molecule has 0 spiro atoms. The fourth-order valence-electron chi connectivity index (χ4n) is 5.51. The van der Waals surface area contributed by atoms with E-state index in [0.717, 1.165) is 33.6 Å². The Morgan fingerprint density at radius 2 is 2.00 bits per heavy atom. The number of piperidine rings is 1. The van der Waals surface area contributed by atoms with Gasteiger partial charge in [0.05, 0.1) is 46.0 Å². The number of nitrogens with zero attached hydrogens (tertiary/aromatic N) is 5. The lowest BCUT2D eigenvalue weighted by molar-refractivity contribution is -0.143. The normalized spacial score (nSPS) is 24.1. The molecule has 3 unspecified atom stereocenters. The minimum Gasteiger partial charge on any atom is -0.323 e. The Morgan fingerprint density at radius 3 is 2.62 bits per heavy atom. The number of thiophene rings is 1. The number of fused-ring (bicyclic) bond motifs is 2. The molecule has 11 heteroatoms. The number of hydrogen-bond acceptors (Lipinski definition) is 8. The number of amides is 3. The number of anilines is 1. The van der Waals surface area contributed by atoms with Crippen molar-refractivity contribution in [3.63, 3.8) is 0 Å². The van der Waals surface area contributed by atoms with Crippen LogP contribution in [0.1, 0.15) is 36.5 Å². The van der Waals surface area contributed by atoms with E-state index in [9.17, 15) is 19.6 Å². The molecular formula is C26H23IN6O3S. The van der Waals surface area contributed by atoms with E-state index >= 15 is 0 Å². The van der Waals surface area contributed by atoms with Crippen LogP contribution in [-0.2, 0) is 20.9 Å². The third-order valence-electron chi connectivity index (χ3n) is 7.78. The number of nitrogens with one attached hydrogen (secondary N) is 1. The number of carbonyl (C=O) groups is 3. The topological polar surface area (TPSA) is 119 Å². The second-order valence-corrected chi connectivity index (χ2v) is 12.7. The molecule has 9 nitrogen and oxygen atoms in total. The molecule has 2 saturated heterocycles. The van der Waals surface area contributed by atoms with Gasteiger partial charge in [-0.15, -0.1) is 11.3 Å². The lowest BCUT2D eigenvalue weighted by Gasteiger charge is -2.34. The maximum absolute atomic E-state index is 13.0. The fraction of sp³-hybridized carbons (Fsp3) is 0.385. The smallest absolute Gasteiger partial charge is 0.242 e. The van der Waals surface area contributed by atoms with Crippen molar-refractivity contribution in [2.75, 3.05) is 11.9 Å². The fourth-order valence-corrected chi connectivity index (χ4v) is 7.45. The van der Waals surface area contributed by atoms with Gasteiger partial charge in [-0.05, 0) is 37.0 Å². The van der Waals surface area contributed by atoms with E-state index in [4.69, 9.17) is 0 Å². The molecule has 3 aromatic heterocycles. The largest absolute Gasteiger partial charge is 0.323 e. The van der Waals surface area contributed by atoms with Crippen LogP contribution in [0.15, 0.2) is 24.4 Å². The van der Waals surface area contributed by atoms with E-state index in [1.807, 2.05) is 29.1 Å². The molecule has 3 amide bonds. The zero-order valence-corrected chi connectivity index (χ0v) is 23.4. The number of pyridine rings is 2. The molecule has 0 aromatic carbocycles. The van der Waals surface area contributed by atoms with Gasteiger partial charge in [-0.3, -0.25) is 24.3 Å². The third kappa shape index (κ3) is 3.76. The lowest BCUT2D eigenvalue weighted by atomic mass is 10.0. The number of hydrogen-bond donors (Lipinski definition) is 1. The molecule has 1 aliphatic carbocycles. The second-order valence-electron chi connectivity index (χ2n) is 10.4. The van der Waals surface area contributed by atoms with Crippen LogP contribution in [0.3, 0.4) is 0 Å². The number of likely N-dealkylation sites (tertiary alicyclic amines) is 1. The Hall–Kier alpha value is -2.95. The Balaban J connectivity index is 1.37. The number of carbonyl (C=O) groups excluding carboxylic acids is 3. The standard InChI is InChI=1S/C26H23IN6O3S/c1-12-21(31-23(34)18-5-7-33(18)27)16(8-13(10-28)30-12)15-4-6-29-17-9-14(37-22(15)17)11-32-24(35)19-20(25(32)36)26(19,2)3/h4,6,8-9,18-20H,5,7,11H2,1-3H3,(H,31,34). The van der Waals surface area contributed by atoms with E-state index < -0.39 is 0 Å². The first-order chi connectivity index (χ1) is 17.6. The average molecular weight is 626 g/mol. The van der Waals surface area contributed by atoms with Gasteiger partial charge in [0.15, 0.2) is 0 Å². The highest BCUT2D eigenvalue weighted by atomic mass is 127. The molecule has 188 valence electrons. The number of imide groups is 1. The number of aromatic nitrogens is 2. The highest BCUT2D eigenvalue weighted by molar-refractivity contribution is 14.1. The summed E-state index contributed by atoms with van der Waals surface area (Å²) >= 11 is 3.61. The van der Waals surface area contributed by atoms with Crippen molar-refractivity contribution in [2.24, 2.45) is 17.3 Å². The Labute approximate surface area is 231 Å². The molecule has 37 heavy (non-hydrogen) atoms. The number of nitriles is 1. The molecule has 0 bridgehead atoms. The van der Waals surface area contributed by atoms with Crippen LogP contribution in [0.25, 0.3) is 21.3 Å². The minimum atomic E-state index is -0.244. The summed E-state index contributed by atoms with van der Waals surface area (Å²) in [6.45, 7) is 6.79. The first kappa shape index (κ1) is 24.4. The minimum absolute atomic E-state index is 0.0978. The van der Waals surface area contributed by atoms with Crippen LogP contribution in [0, 0.1) is 35.5 Å². The summed E-state index contributed by atoms with van der Waals surface area (Å²) in [5.41, 5.74) is 3.35. The SMILES string of the molecule is Cc1nc(C#N)cc(-c2ccnc3cc(CN4C(=O)C5C(C4=O)C5(C)C)sc23)c1NC(=O)C1CCN1I.